The van der Waals surface area contributed by atoms with Gasteiger partial charge in [-0.1, -0.05) is 18.2 Å². The molecule has 5 heteroatoms. The maximum atomic E-state index is 13.1. The molecule has 0 unspecified atom stereocenters. The van der Waals surface area contributed by atoms with Crippen LogP contribution in [0.25, 0.3) is 0 Å². The molecule has 110 valence electrons. The molecule has 0 saturated carbocycles. The summed E-state index contributed by atoms with van der Waals surface area (Å²) in [7, 11) is 1.55. The molecule has 2 aromatic carbocycles. The van der Waals surface area contributed by atoms with Crippen molar-refractivity contribution in [2.24, 2.45) is 0 Å². The first-order chi connectivity index (χ1) is 10.2. The molecular formula is C16H16FNO3. The molecule has 0 spiro atoms. The highest BCUT2D eigenvalue weighted by molar-refractivity contribution is 5.77. The van der Waals surface area contributed by atoms with Gasteiger partial charge in [-0.15, -0.1) is 0 Å². The number of amides is 1. The smallest absolute Gasteiger partial charge is 0.257 e. The first-order valence-electron chi connectivity index (χ1n) is 6.48. The van der Waals surface area contributed by atoms with Crippen LogP contribution in [-0.2, 0) is 11.4 Å². The number of carbonyl (C=O) groups excluding carboxylic acids is 1. The number of carbonyl (C=O) groups is 1. The van der Waals surface area contributed by atoms with Gasteiger partial charge in [0.1, 0.15) is 23.9 Å². The van der Waals surface area contributed by atoms with Crippen LogP contribution >= 0.6 is 0 Å². The zero-order chi connectivity index (χ0) is 15.1. The zero-order valence-electron chi connectivity index (χ0n) is 11.6. The number of hydrogen-bond acceptors (Lipinski definition) is 3. The number of hydrogen-bond donors (Lipinski definition) is 1. The summed E-state index contributed by atoms with van der Waals surface area (Å²) in [5.74, 6) is 0.629. The van der Waals surface area contributed by atoms with E-state index in [-0.39, 0.29) is 24.9 Å². The van der Waals surface area contributed by atoms with E-state index < -0.39 is 0 Å². The molecule has 0 heterocycles. The number of rotatable bonds is 6. The largest absolute Gasteiger partial charge is 0.489 e. The van der Waals surface area contributed by atoms with Gasteiger partial charge in [0, 0.05) is 13.1 Å². The number of likely N-dealkylation sites (N-methyl/N-ethyl adjacent to an activating group) is 1. The lowest BCUT2D eigenvalue weighted by molar-refractivity contribution is -0.122. The van der Waals surface area contributed by atoms with Crippen molar-refractivity contribution in [1.29, 1.82) is 0 Å². The summed E-state index contributed by atoms with van der Waals surface area (Å²) in [5.41, 5.74) is 0.742. The second-order valence-electron chi connectivity index (χ2n) is 4.36. The van der Waals surface area contributed by atoms with Gasteiger partial charge in [0.2, 0.25) is 0 Å². The predicted molar refractivity (Wildman–Crippen MR) is 76.7 cm³/mol. The third-order valence-electron chi connectivity index (χ3n) is 2.75. The molecule has 4 nitrogen and oxygen atoms in total. The summed E-state index contributed by atoms with van der Waals surface area (Å²) in [4.78, 5) is 11.1. The zero-order valence-corrected chi connectivity index (χ0v) is 11.6. The van der Waals surface area contributed by atoms with Crippen molar-refractivity contribution in [1.82, 2.24) is 5.32 Å². The van der Waals surface area contributed by atoms with Crippen molar-refractivity contribution >= 4 is 5.91 Å². The van der Waals surface area contributed by atoms with Crippen LogP contribution in [0.15, 0.2) is 48.5 Å². The second kappa shape index (κ2) is 7.28. The maximum absolute atomic E-state index is 13.1. The normalized spacial score (nSPS) is 10.0. The molecule has 0 radical (unpaired) electrons. The van der Waals surface area contributed by atoms with Gasteiger partial charge < -0.3 is 14.8 Å². The van der Waals surface area contributed by atoms with Crippen LogP contribution in [-0.4, -0.2) is 19.6 Å². The Morgan fingerprint density at radius 3 is 2.52 bits per heavy atom. The Labute approximate surface area is 122 Å². The standard InChI is InChI=1S/C16H16FNO3/c1-18-16(19)11-21-15-7-3-6-14(9-15)20-10-12-4-2-5-13(17)8-12/h2-9H,10-11H2,1H3,(H,18,19). The Morgan fingerprint density at radius 1 is 1.10 bits per heavy atom. The maximum Gasteiger partial charge on any atom is 0.257 e. The van der Waals surface area contributed by atoms with Gasteiger partial charge >= 0.3 is 0 Å². The van der Waals surface area contributed by atoms with Gasteiger partial charge in [0.25, 0.3) is 5.91 Å². The Balaban J connectivity index is 1.93. The molecule has 2 aromatic rings. The van der Waals surface area contributed by atoms with Crippen molar-refractivity contribution in [2.45, 2.75) is 6.61 Å². The van der Waals surface area contributed by atoms with Crippen LogP contribution < -0.4 is 14.8 Å². The van der Waals surface area contributed by atoms with Gasteiger partial charge in [0.05, 0.1) is 0 Å². The minimum absolute atomic E-state index is 0.0517. The lowest BCUT2D eigenvalue weighted by Crippen LogP contribution is -2.24. The third kappa shape index (κ3) is 4.80. The highest BCUT2D eigenvalue weighted by Gasteiger charge is 2.02. The van der Waals surface area contributed by atoms with Crippen LogP contribution in [0.2, 0.25) is 0 Å². The van der Waals surface area contributed by atoms with E-state index in [0.717, 1.165) is 5.56 Å². The number of nitrogens with one attached hydrogen (secondary N) is 1. The fraction of sp³-hybridized carbons (Fsp3) is 0.188. The first-order valence-corrected chi connectivity index (χ1v) is 6.48. The highest BCUT2D eigenvalue weighted by atomic mass is 19.1. The predicted octanol–water partition coefficient (Wildman–Crippen LogP) is 2.53. The average Bonchev–Trinajstić information content (AvgIpc) is 2.51. The Morgan fingerprint density at radius 2 is 1.81 bits per heavy atom. The fourth-order valence-corrected chi connectivity index (χ4v) is 1.67. The van der Waals surface area contributed by atoms with Crippen molar-refractivity contribution in [3.8, 4) is 11.5 Å². The van der Waals surface area contributed by atoms with E-state index in [4.69, 9.17) is 9.47 Å². The molecule has 0 aliphatic rings. The summed E-state index contributed by atoms with van der Waals surface area (Å²) in [5, 5.41) is 2.47. The van der Waals surface area contributed by atoms with Crippen molar-refractivity contribution in [3.63, 3.8) is 0 Å². The molecule has 0 bridgehead atoms. The van der Waals surface area contributed by atoms with Gasteiger partial charge in [0.15, 0.2) is 6.61 Å². The molecule has 2 rings (SSSR count). The lowest BCUT2D eigenvalue weighted by atomic mass is 10.2. The topological polar surface area (TPSA) is 47.6 Å². The van der Waals surface area contributed by atoms with E-state index >= 15 is 0 Å². The number of benzene rings is 2. The third-order valence-corrected chi connectivity index (χ3v) is 2.75. The number of ether oxygens (including phenoxy) is 2. The molecule has 0 saturated heterocycles. The quantitative estimate of drug-likeness (QED) is 0.889. The van der Waals surface area contributed by atoms with Gasteiger partial charge in [-0.2, -0.15) is 0 Å². The summed E-state index contributed by atoms with van der Waals surface area (Å²) in [6.45, 7) is 0.209. The summed E-state index contributed by atoms with van der Waals surface area (Å²) in [6, 6.07) is 13.2. The van der Waals surface area contributed by atoms with E-state index in [2.05, 4.69) is 5.32 Å². The molecule has 0 atom stereocenters. The Kier molecular flexibility index (Phi) is 5.15. The first kappa shape index (κ1) is 14.8. The van der Waals surface area contributed by atoms with Crippen LogP contribution in [0.1, 0.15) is 5.56 Å². The van der Waals surface area contributed by atoms with Crippen molar-refractivity contribution in [3.05, 3.63) is 59.9 Å². The lowest BCUT2D eigenvalue weighted by Gasteiger charge is -2.09. The highest BCUT2D eigenvalue weighted by Crippen LogP contribution is 2.20. The molecule has 1 N–H and O–H groups in total. The summed E-state index contributed by atoms with van der Waals surface area (Å²) < 4.78 is 23.9. The summed E-state index contributed by atoms with van der Waals surface area (Å²) >= 11 is 0. The molecular weight excluding hydrogens is 273 g/mol. The SMILES string of the molecule is CNC(=O)COc1cccc(OCc2cccc(F)c2)c1. The monoisotopic (exact) mass is 289 g/mol. The van der Waals surface area contributed by atoms with E-state index in [1.807, 2.05) is 0 Å². The minimum atomic E-state index is -0.293. The fourth-order valence-electron chi connectivity index (χ4n) is 1.67. The second-order valence-corrected chi connectivity index (χ2v) is 4.36. The molecule has 21 heavy (non-hydrogen) atoms. The minimum Gasteiger partial charge on any atom is -0.489 e. The van der Waals surface area contributed by atoms with Crippen molar-refractivity contribution in [2.75, 3.05) is 13.7 Å². The molecule has 0 aliphatic heterocycles. The van der Waals surface area contributed by atoms with Gasteiger partial charge in [-0.25, -0.2) is 4.39 Å². The van der Waals surface area contributed by atoms with E-state index in [0.29, 0.717) is 11.5 Å². The summed E-state index contributed by atoms with van der Waals surface area (Å²) in [6.07, 6.45) is 0. The number of halogens is 1. The van der Waals surface area contributed by atoms with Crippen LogP contribution in [0.4, 0.5) is 4.39 Å². The van der Waals surface area contributed by atoms with Crippen LogP contribution in [0.3, 0.4) is 0 Å². The molecule has 1 amide bonds. The Hall–Kier alpha value is -2.56. The van der Waals surface area contributed by atoms with Gasteiger partial charge in [-0.05, 0) is 29.8 Å². The average molecular weight is 289 g/mol. The van der Waals surface area contributed by atoms with Gasteiger partial charge in [-0.3, -0.25) is 4.79 Å². The van der Waals surface area contributed by atoms with E-state index in [1.165, 1.54) is 12.1 Å². The molecule has 0 aliphatic carbocycles. The van der Waals surface area contributed by atoms with Crippen LogP contribution in [0, 0.1) is 5.82 Å². The van der Waals surface area contributed by atoms with E-state index in [9.17, 15) is 9.18 Å². The molecule has 0 aromatic heterocycles. The van der Waals surface area contributed by atoms with E-state index in [1.54, 1.807) is 43.4 Å². The molecule has 0 fully saturated rings. The van der Waals surface area contributed by atoms with Crippen LogP contribution in [0.5, 0.6) is 11.5 Å². The van der Waals surface area contributed by atoms with Crippen molar-refractivity contribution < 1.29 is 18.7 Å². The Bertz CT molecular complexity index is 616.